The second-order valence-corrected chi connectivity index (χ2v) is 12.6. The first-order valence-electron chi connectivity index (χ1n) is 8.87. The molecule has 1 N–H and O–H groups in total. The molecule has 1 saturated heterocycles. The summed E-state index contributed by atoms with van der Waals surface area (Å²) in [6, 6.07) is 21.9. The standard InChI is InChI=1S/C20H27NOP.ClHO4/c1-19(2)15-23(16-20(3,4)21(19)22,17-11-7-5-8-12-17)18-13-9-6-10-14-18;2-1(3,4)5/h5-14,22H,15-16H2,1-4H3;(H,2,3,4,5)/q+1;/p-1. The van der Waals surface area contributed by atoms with Crippen molar-refractivity contribution in [2.24, 2.45) is 0 Å². The molecule has 2 aromatic carbocycles. The van der Waals surface area contributed by atoms with Crippen LogP contribution in [-0.2, 0) is 0 Å². The van der Waals surface area contributed by atoms with Crippen LogP contribution in [0.5, 0.6) is 0 Å². The normalized spacial score (nSPS) is 20.8. The third kappa shape index (κ3) is 5.50. The van der Waals surface area contributed by atoms with Crippen molar-refractivity contribution in [2.75, 3.05) is 12.3 Å². The van der Waals surface area contributed by atoms with E-state index in [-0.39, 0.29) is 11.1 Å². The molecule has 0 aromatic heterocycles. The summed E-state index contributed by atoms with van der Waals surface area (Å²) >= 11 is 0. The second-order valence-electron chi connectivity index (χ2n) is 8.27. The summed E-state index contributed by atoms with van der Waals surface area (Å²) in [4.78, 5) is 0. The maximum atomic E-state index is 10.7. The number of hydroxylamine groups is 2. The van der Waals surface area contributed by atoms with Gasteiger partial charge in [-0.05, 0) is 52.0 Å². The van der Waals surface area contributed by atoms with Crippen molar-refractivity contribution < 1.29 is 34.1 Å². The second kappa shape index (κ2) is 8.34. The Labute approximate surface area is 169 Å². The molecule has 154 valence electrons. The van der Waals surface area contributed by atoms with E-state index in [1.54, 1.807) is 5.06 Å². The van der Waals surface area contributed by atoms with Gasteiger partial charge in [-0.3, -0.25) is 0 Å². The Kier molecular flexibility index (Phi) is 6.91. The molecule has 3 rings (SSSR count). The van der Waals surface area contributed by atoms with Gasteiger partial charge >= 0.3 is 0 Å². The third-order valence-corrected chi connectivity index (χ3v) is 10.2. The van der Waals surface area contributed by atoms with E-state index in [2.05, 4.69) is 88.4 Å². The summed E-state index contributed by atoms with van der Waals surface area (Å²) in [5.74, 6) is 0. The average Bonchev–Trinajstić information content (AvgIpc) is 2.59. The maximum Gasteiger partial charge on any atom is 0.0993 e. The van der Waals surface area contributed by atoms with Crippen molar-refractivity contribution in [3.63, 3.8) is 0 Å². The van der Waals surface area contributed by atoms with E-state index in [1.165, 1.54) is 10.6 Å². The van der Waals surface area contributed by atoms with E-state index >= 15 is 0 Å². The van der Waals surface area contributed by atoms with E-state index in [1.807, 2.05) is 0 Å². The lowest BCUT2D eigenvalue weighted by Crippen LogP contribution is -2.68. The molecule has 0 unspecified atom stereocenters. The highest BCUT2D eigenvalue weighted by Gasteiger charge is 2.59. The fourth-order valence-electron chi connectivity index (χ4n) is 4.27. The van der Waals surface area contributed by atoms with E-state index in [9.17, 15) is 5.21 Å². The summed E-state index contributed by atoms with van der Waals surface area (Å²) < 4.78 is 34.0. The molecule has 0 amide bonds. The largest absolute Gasteiger partial charge is 0.313 e. The van der Waals surface area contributed by atoms with Crippen LogP contribution in [0.3, 0.4) is 0 Å². The monoisotopic (exact) mass is 427 g/mol. The number of benzene rings is 2. The van der Waals surface area contributed by atoms with E-state index < -0.39 is 17.5 Å². The minimum Gasteiger partial charge on any atom is -0.313 e. The Morgan fingerprint density at radius 2 is 1.04 bits per heavy atom. The third-order valence-electron chi connectivity index (χ3n) is 4.96. The molecule has 2 aromatic rings. The first-order chi connectivity index (χ1) is 12.8. The molecular formula is C20H27ClNO5P. The lowest BCUT2D eigenvalue weighted by Gasteiger charge is -2.52. The number of nitrogens with zero attached hydrogens (tertiary/aromatic N) is 1. The van der Waals surface area contributed by atoms with E-state index in [0.717, 1.165) is 12.3 Å². The Bertz CT molecular complexity index is 700. The van der Waals surface area contributed by atoms with Crippen LogP contribution in [0, 0.1) is 10.2 Å². The summed E-state index contributed by atoms with van der Waals surface area (Å²) in [6.07, 6.45) is 1.99. The van der Waals surface area contributed by atoms with Crippen LogP contribution in [0.15, 0.2) is 60.7 Å². The summed E-state index contributed by atoms with van der Waals surface area (Å²) in [5.41, 5.74) is -0.498. The fourth-order valence-corrected chi connectivity index (χ4v) is 9.81. The molecule has 1 aliphatic rings. The first-order valence-corrected chi connectivity index (χ1v) is 12.3. The zero-order valence-corrected chi connectivity index (χ0v) is 18.2. The van der Waals surface area contributed by atoms with Crippen molar-refractivity contribution in [3.05, 3.63) is 60.7 Å². The molecule has 0 aliphatic carbocycles. The SMILES string of the molecule is CC1(C)C[P+](c2ccccc2)(c2ccccc2)CC(C)(C)N1O.[O-][Cl+3]([O-])([O-])[O-]. The summed E-state index contributed by atoms with van der Waals surface area (Å²) in [7, 11) is -6.52. The van der Waals surface area contributed by atoms with Gasteiger partial charge in [0.05, 0.1) is 41.3 Å². The van der Waals surface area contributed by atoms with Crippen LogP contribution < -0.4 is 29.2 Å². The quantitative estimate of drug-likeness (QED) is 0.625. The highest BCUT2D eigenvalue weighted by molar-refractivity contribution is 7.89. The number of hydrogen-bond donors (Lipinski definition) is 1. The van der Waals surface area contributed by atoms with E-state index in [0.29, 0.717) is 0 Å². The van der Waals surface area contributed by atoms with Gasteiger partial charge in [0.2, 0.25) is 0 Å². The maximum absolute atomic E-state index is 10.7. The van der Waals surface area contributed by atoms with Crippen molar-refractivity contribution in [2.45, 2.75) is 38.8 Å². The van der Waals surface area contributed by atoms with Gasteiger partial charge in [0.25, 0.3) is 0 Å². The van der Waals surface area contributed by atoms with Crippen LogP contribution in [0.2, 0.25) is 0 Å². The number of hydrogen-bond acceptors (Lipinski definition) is 6. The van der Waals surface area contributed by atoms with Crippen molar-refractivity contribution >= 4 is 17.9 Å². The van der Waals surface area contributed by atoms with Crippen LogP contribution in [0.4, 0.5) is 0 Å². The van der Waals surface area contributed by atoms with Gasteiger partial charge in [-0.25, -0.2) is 18.6 Å². The van der Waals surface area contributed by atoms with Crippen molar-refractivity contribution in [1.82, 2.24) is 5.06 Å². The summed E-state index contributed by atoms with van der Waals surface area (Å²) in [6.45, 7) is 8.64. The Morgan fingerprint density at radius 3 is 1.32 bits per heavy atom. The molecule has 1 heterocycles. The minimum atomic E-state index is -4.94. The topological polar surface area (TPSA) is 116 Å². The predicted octanol–water partition coefficient (Wildman–Crippen LogP) is -0.839. The number of halogens is 1. The van der Waals surface area contributed by atoms with Crippen LogP contribution in [0.1, 0.15) is 27.7 Å². The van der Waals surface area contributed by atoms with Crippen LogP contribution in [-0.4, -0.2) is 33.7 Å². The van der Waals surface area contributed by atoms with Crippen LogP contribution >= 0.6 is 7.26 Å². The molecule has 0 spiro atoms. The van der Waals surface area contributed by atoms with Gasteiger partial charge in [-0.2, -0.15) is 5.06 Å². The number of rotatable bonds is 2. The molecule has 28 heavy (non-hydrogen) atoms. The minimum absolute atomic E-state index is 0.249. The Morgan fingerprint density at radius 1 is 0.750 bits per heavy atom. The lowest BCUT2D eigenvalue weighted by molar-refractivity contribution is -2.00. The van der Waals surface area contributed by atoms with Gasteiger partial charge in [0.15, 0.2) is 0 Å². The van der Waals surface area contributed by atoms with E-state index in [4.69, 9.17) is 18.6 Å². The van der Waals surface area contributed by atoms with Crippen molar-refractivity contribution in [1.29, 1.82) is 0 Å². The predicted molar refractivity (Wildman–Crippen MR) is 101 cm³/mol. The van der Waals surface area contributed by atoms with Gasteiger partial charge in [0.1, 0.15) is 0 Å². The average molecular weight is 428 g/mol. The van der Waals surface area contributed by atoms with Gasteiger partial charge in [-0.15, -0.1) is 10.2 Å². The zero-order valence-electron chi connectivity index (χ0n) is 16.5. The molecule has 8 heteroatoms. The molecule has 1 aliphatic heterocycles. The Balaban J connectivity index is 0.000000500. The van der Waals surface area contributed by atoms with Crippen LogP contribution in [0.25, 0.3) is 0 Å². The zero-order chi connectivity index (χ0) is 21.2. The van der Waals surface area contributed by atoms with Crippen molar-refractivity contribution in [3.8, 4) is 0 Å². The molecule has 0 radical (unpaired) electrons. The van der Waals surface area contributed by atoms with Gasteiger partial charge < -0.3 is 5.21 Å². The highest BCUT2D eigenvalue weighted by Crippen LogP contribution is 2.64. The lowest BCUT2D eigenvalue weighted by atomic mass is 9.99. The molecule has 0 atom stereocenters. The highest BCUT2D eigenvalue weighted by atomic mass is 35.7. The Hall–Kier alpha value is -1.08. The fraction of sp³-hybridized carbons (Fsp3) is 0.400. The van der Waals surface area contributed by atoms with Gasteiger partial charge in [-0.1, -0.05) is 36.4 Å². The van der Waals surface area contributed by atoms with Gasteiger partial charge in [0, 0.05) is 0 Å². The molecule has 0 bridgehead atoms. The molecular weight excluding hydrogens is 401 g/mol. The molecule has 1 fully saturated rings. The smallest absolute Gasteiger partial charge is 0.0993 e. The molecule has 6 nitrogen and oxygen atoms in total. The molecule has 0 saturated carbocycles. The first kappa shape index (κ1) is 23.2. The summed E-state index contributed by atoms with van der Waals surface area (Å²) in [5, 5.41) is 15.2.